The predicted molar refractivity (Wildman–Crippen MR) is 139 cm³/mol. The average Bonchev–Trinajstić information content (AvgIpc) is 3.42. The Morgan fingerprint density at radius 1 is 1.10 bits per heavy atom. The molecule has 202 valence electrons. The van der Waals surface area contributed by atoms with E-state index in [2.05, 4.69) is 30.6 Å². The Labute approximate surface area is 223 Å². The van der Waals surface area contributed by atoms with E-state index >= 15 is 0 Å². The Morgan fingerprint density at radius 3 is 2.56 bits per heavy atom. The molecule has 0 aliphatic carbocycles. The number of pyridine rings is 1. The molecule has 4 N–H and O–H groups in total. The highest BCUT2D eigenvalue weighted by Crippen LogP contribution is 2.35. The highest BCUT2D eigenvalue weighted by Gasteiger charge is 2.40. The Bertz CT molecular complexity index is 1410. The van der Waals surface area contributed by atoms with E-state index in [1.54, 1.807) is 43.7 Å². The molecule has 4 aromatic rings. The summed E-state index contributed by atoms with van der Waals surface area (Å²) in [5, 5.41) is 14.9. The molecule has 1 amide bonds. The molecule has 0 unspecified atom stereocenters. The molecule has 1 fully saturated rings. The quantitative estimate of drug-likeness (QED) is 0.255. The lowest BCUT2D eigenvalue weighted by Crippen LogP contribution is -2.49. The van der Waals surface area contributed by atoms with Crippen LogP contribution in [0.2, 0.25) is 0 Å². The number of halogens is 1. The number of aromatic amines is 1. The number of ether oxygens (including phenoxy) is 2. The van der Waals surface area contributed by atoms with Gasteiger partial charge in [-0.3, -0.25) is 9.78 Å². The smallest absolute Gasteiger partial charge is 0.230 e. The zero-order valence-electron chi connectivity index (χ0n) is 21.2. The summed E-state index contributed by atoms with van der Waals surface area (Å²) in [5.41, 5.74) is 2.45. The summed E-state index contributed by atoms with van der Waals surface area (Å²) in [7, 11) is 0. The first-order chi connectivity index (χ1) is 18.9. The maximum atomic E-state index is 13.7. The lowest BCUT2D eigenvalue weighted by Gasteiger charge is -2.35. The van der Waals surface area contributed by atoms with Crippen molar-refractivity contribution >= 4 is 11.9 Å². The number of rotatable bonds is 9. The number of aliphatic hydroxyl groups is 1. The number of anilines is 1. The fourth-order valence-corrected chi connectivity index (χ4v) is 4.05. The topological polar surface area (TPSA) is 147 Å². The van der Waals surface area contributed by atoms with Gasteiger partial charge in [0.15, 0.2) is 5.82 Å². The molecule has 4 heterocycles. The van der Waals surface area contributed by atoms with Gasteiger partial charge < -0.3 is 30.2 Å². The number of aliphatic hydroxyl groups excluding tert-OH is 1. The number of carbonyl (C=O) groups is 1. The van der Waals surface area contributed by atoms with Crippen molar-refractivity contribution in [3.05, 3.63) is 78.3 Å². The van der Waals surface area contributed by atoms with E-state index in [1.165, 1.54) is 12.1 Å². The van der Waals surface area contributed by atoms with Crippen LogP contribution in [-0.2, 0) is 20.8 Å². The molecule has 0 radical (unpaired) electrons. The monoisotopic (exact) mass is 533 g/mol. The summed E-state index contributed by atoms with van der Waals surface area (Å²) < 4.78 is 25.5. The second kappa shape index (κ2) is 11.6. The van der Waals surface area contributed by atoms with Crippen LogP contribution in [0.15, 0.2) is 61.1 Å². The minimum Gasteiger partial charge on any atom is -0.395 e. The minimum absolute atomic E-state index is 0.0907. The van der Waals surface area contributed by atoms with Crippen LogP contribution in [0.1, 0.15) is 24.6 Å². The molecule has 1 aliphatic heterocycles. The first kappa shape index (κ1) is 26.4. The molecule has 11 nitrogen and oxygen atoms in total. The molecule has 0 saturated carbocycles. The van der Waals surface area contributed by atoms with Gasteiger partial charge in [-0.15, -0.1) is 0 Å². The zero-order chi connectivity index (χ0) is 27.2. The molecule has 5 rings (SSSR count). The Kier molecular flexibility index (Phi) is 7.87. The van der Waals surface area contributed by atoms with Gasteiger partial charge in [0, 0.05) is 37.2 Å². The number of H-pyrrole nitrogens is 1. The summed E-state index contributed by atoms with van der Waals surface area (Å²) in [6, 6.07) is 11.5. The predicted octanol–water partition coefficient (Wildman–Crippen LogP) is 2.84. The van der Waals surface area contributed by atoms with E-state index < -0.39 is 11.7 Å². The molecule has 0 bridgehead atoms. The van der Waals surface area contributed by atoms with Gasteiger partial charge in [0.1, 0.15) is 5.82 Å². The molecule has 1 aliphatic rings. The van der Waals surface area contributed by atoms with Crippen LogP contribution in [0.25, 0.3) is 22.6 Å². The number of benzene rings is 1. The highest BCUT2D eigenvalue weighted by atomic mass is 19.1. The SMILES string of the molecule is CC1(C(=O)NCCO)COC(c2nc(-c3ccc(F)cc3)c(-c3ccnc(NCc4ccncc4)n3)[nH]2)OC1. The molecule has 12 heteroatoms. The van der Waals surface area contributed by atoms with Crippen LogP contribution >= 0.6 is 0 Å². The van der Waals surface area contributed by atoms with E-state index in [1.807, 2.05) is 12.1 Å². The number of hydrogen-bond acceptors (Lipinski definition) is 9. The number of imidazole rings is 1. The average molecular weight is 534 g/mol. The van der Waals surface area contributed by atoms with Gasteiger partial charge in [-0.2, -0.15) is 0 Å². The summed E-state index contributed by atoms with van der Waals surface area (Å²) in [5.74, 6) is 0.167. The lowest BCUT2D eigenvalue weighted by atomic mass is 9.91. The van der Waals surface area contributed by atoms with Crippen molar-refractivity contribution in [2.75, 3.05) is 31.7 Å². The van der Waals surface area contributed by atoms with Crippen molar-refractivity contribution in [3.8, 4) is 22.6 Å². The van der Waals surface area contributed by atoms with Gasteiger partial charge in [0.05, 0.1) is 42.3 Å². The molecule has 3 aromatic heterocycles. The van der Waals surface area contributed by atoms with E-state index in [-0.39, 0.29) is 38.1 Å². The van der Waals surface area contributed by atoms with Crippen molar-refractivity contribution in [2.45, 2.75) is 19.8 Å². The van der Waals surface area contributed by atoms with Crippen LogP contribution in [0.4, 0.5) is 10.3 Å². The van der Waals surface area contributed by atoms with Gasteiger partial charge in [-0.1, -0.05) is 0 Å². The fraction of sp³-hybridized carbons (Fsp3) is 0.296. The maximum absolute atomic E-state index is 13.7. The Morgan fingerprint density at radius 2 is 1.85 bits per heavy atom. The number of aromatic nitrogens is 5. The molecule has 39 heavy (non-hydrogen) atoms. The summed E-state index contributed by atoms with van der Waals surface area (Å²) in [6.45, 7) is 2.42. The molecular weight excluding hydrogens is 505 g/mol. The lowest BCUT2D eigenvalue weighted by molar-refractivity contribution is -0.231. The van der Waals surface area contributed by atoms with Crippen molar-refractivity contribution in [1.82, 2.24) is 30.2 Å². The molecular formula is C27H28FN7O4. The second-order valence-corrected chi connectivity index (χ2v) is 9.32. The van der Waals surface area contributed by atoms with E-state index in [0.717, 1.165) is 5.56 Å². The maximum Gasteiger partial charge on any atom is 0.230 e. The highest BCUT2D eigenvalue weighted by molar-refractivity contribution is 5.82. The van der Waals surface area contributed by atoms with Crippen molar-refractivity contribution in [1.29, 1.82) is 0 Å². The first-order valence-corrected chi connectivity index (χ1v) is 12.4. The fourth-order valence-electron chi connectivity index (χ4n) is 4.05. The van der Waals surface area contributed by atoms with Crippen LogP contribution in [0.3, 0.4) is 0 Å². The summed E-state index contributed by atoms with van der Waals surface area (Å²) >= 11 is 0. The van der Waals surface area contributed by atoms with Crippen LogP contribution < -0.4 is 10.6 Å². The third kappa shape index (κ3) is 6.08. The summed E-state index contributed by atoms with van der Waals surface area (Å²) in [4.78, 5) is 33.5. The van der Waals surface area contributed by atoms with Crippen molar-refractivity contribution < 1.29 is 23.8 Å². The van der Waals surface area contributed by atoms with Crippen LogP contribution in [0.5, 0.6) is 0 Å². The van der Waals surface area contributed by atoms with Gasteiger partial charge >= 0.3 is 0 Å². The first-order valence-electron chi connectivity index (χ1n) is 12.4. The van der Waals surface area contributed by atoms with Gasteiger partial charge in [-0.25, -0.2) is 19.3 Å². The molecule has 1 saturated heterocycles. The number of carbonyl (C=O) groups excluding carboxylic acids is 1. The zero-order valence-corrected chi connectivity index (χ0v) is 21.2. The normalized spacial score (nSPS) is 19.0. The van der Waals surface area contributed by atoms with Crippen molar-refractivity contribution in [3.63, 3.8) is 0 Å². The summed E-state index contributed by atoms with van der Waals surface area (Å²) in [6.07, 6.45) is 4.21. The van der Waals surface area contributed by atoms with Crippen LogP contribution in [-0.4, -0.2) is 62.3 Å². The van der Waals surface area contributed by atoms with Gasteiger partial charge in [-0.05, 0) is 55.0 Å². The van der Waals surface area contributed by atoms with E-state index in [9.17, 15) is 9.18 Å². The number of nitrogens with one attached hydrogen (secondary N) is 3. The van der Waals surface area contributed by atoms with Crippen molar-refractivity contribution in [2.24, 2.45) is 5.41 Å². The molecule has 0 spiro atoms. The standard InChI is InChI=1S/C27H28FN7O4/c1-27(25(37)30-12-13-36)15-38-24(39-16-27)23-34-21(18-2-4-19(28)5-3-18)22(35-23)20-8-11-31-26(33-20)32-14-17-6-9-29-10-7-17/h2-11,24,36H,12-16H2,1H3,(H,30,37)(H,34,35)(H,31,32,33). The largest absolute Gasteiger partial charge is 0.395 e. The van der Waals surface area contributed by atoms with Gasteiger partial charge in [0.2, 0.25) is 18.1 Å². The Hall–Kier alpha value is -4.26. The third-order valence-corrected chi connectivity index (χ3v) is 6.23. The number of hydrogen-bond donors (Lipinski definition) is 4. The second-order valence-electron chi connectivity index (χ2n) is 9.32. The van der Waals surface area contributed by atoms with E-state index in [0.29, 0.717) is 41.0 Å². The van der Waals surface area contributed by atoms with Gasteiger partial charge in [0.25, 0.3) is 0 Å². The molecule has 0 atom stereocenters. The molecule has 1 aromatic carbocycles. The number of nitrogens with zero attached hydrogens (tertiary/aromatic N) is 4. The third-order valence-electron chi connectivity index (χ3n) is 6.23. The number of amides is 1. The minimum atomic E-state index is -0.914. The Balaban J connectivity index is 1.41. The van der Waals surface area contributed by atoms with Crippen LogP contribution in [0, 0.1) is 11.2 Å². The van der Waals surface area contributed by atoms with E-state index in [4.69, 9.17) is 19.6 Å².